The topological polar surface area (TPSA) is 79.5 Å². The lowest BCUT2D eigenvalue weighted by Gasteiger charge is -2.20. The molecule has 0 spiro atoms. The number of nitrogens with one attached hydrogen (secondary N) is 3. The molecule has 0 unspecified atom stereocenters. The Hall–Kier alpha value is -3.02. The van der Waals surface area contributed by atoms with Gasteiger partial charge in [-0.1, -0.05) is 6.92 Å². The Morgan fingerprint density at radius 2 is 1.54 bits per heavy atom. The Morgan fingerprint density at radius 1 is 0.929 bits per heavy atom. The molecule has 0 aromatic heterocycles. The van der Waals surface area contributed by atoms with Crippen molar-refractivity contribution in [1.82, 2.24) is 5.32 Å². The monoisotopic (exact) mass is 383 g/mol. The van der Waals surface area contributed by atoms with Gasteiger partial charge in [0.05, 0.1) is 13.2 Å². The van der Waals surface area contributed by atoms with Crippen LogP contribution in [0.3, 0.4) is 0 Å². The molecule has 0 aliphatic carbocycles. The standard InChI is InChI=1S/C22H29N3O3/c1-5-14-28-19-12-10-18(11-13-19)24-20(26)15-23-17-8-6-16(7-9-17)21(27)25-22(2,3)4/h6-13,23H,5,14-15H2,1-4H3,(H,24,26)(H,25,27). The highest BCUT2D eigenvalue weighted by molar-refractivity contribution is 5.95. The van der Waals surface area contributed by atoms with E-state index in [1.807, 2.05) is 45.0 Å². The molecule has 6 nitrogen and oxygen atoms in total. The summed E-state index contributed by atoms with van der Waals surface area (Å²) in [6.07, 6.45) is 0.951. The summed E-state index contributed by atoms with van der Waals surface area (Å²) >= 11 is 0. The predicted octanol–water partition coefficient (Wildman–Crippen LogP) is 4.05. The van der Waals surface area contributed by atoms with Crippen LogP contribution in [0, 0.1) is 0 Å². The first-order valence-electron chi connectivity index (χ1n) is 9.46. The van der Waals surface area contributed by atoms with E-state index in [1.165, 1.54) is 0 Å². The number of carbonyl (C=O) groups is 2. The van der Waals surface area contributed by atoms with Gasteiger partial charge in [0, 0.05) is 22.5 Å². The summed E-state index contributed by atoms with van der Waals surface area (Å²) in [7, 11) is 0. The fourth-order valence-electron chi connectivity index (χ4n) is 2.39. The third-order valence-corrected chi connectivity index (χ3v) is 3.70. The van der Waals surface area contributed by atoms with Crippen LogP contribution in [-0.4, -0.2) is 30.5 Å². The van der Waals surface area contributed by atoms with Crippen LogP contribution in [0.25, 0.3) is 0 Å². The van der Waals surface area contributed by atoms with Gasteiger partial charge in [-0.25, -0.2) is 0 Å². The lowest BCUT2D eigenvalue weighted by molar-refractivity contribution is -0.114. The number of hydrogen-bond donors (Lipinski definition) is 3. The number of carbonyl (C=O) groups excluding carboxylic acids is 2. The van der Waals surface area contributed by atoms with Gasteiger partial charge in [0.15, 0.2) is 0 Å². The fraction of sp³-hybridized carbons (Fsp3) is 0.364. The maximum Gasteiger partial charge on any atom is 0.251 e. The molecule has 0 fully saturated rings. The van der Waals surface area contributed by atoms with Gasteiger partial charge >= 0.3 is 0 Å². The number of benzene rings is 2. The van der Waals surface area contributed by atoms with E-state index in [4.69, 9.17) is 4.74 Å². The van der Waals surface area contributed by atoms with Crippen molar-refractivity contribution in [3.8, 4) is 5.75 Å². The minimum atomic E-state index is -0.285. The molecule has 0 atom stereocenters. The highest BCUT2D eigenvalue weighted by Crippen LogP contribution is 2.16. The normalized spacial score (nSPS) is 10.9. The van der Waals surface area contributed by atoms with Crippen molar-refractivity contribution < 1.29 is 14.3 Å². The summed E-state index contributed by atoms with van der Waals surface area (Å²) in [6.45, 7) is 8.66. The van der Waals surface area contributed by atoms with E-state index in [9.17, 15) is 9.59 Å². The lowest BCUT2D eigenvalue weighted by atomic mass is 10.1. The average Bonchev–Trinajstić information content (AvgIpc) is 2.65. The minimum absolute atomic E-state index is 0.122. The van der Waals surface area contributed by atoms with Crippen LogP contribution >= 0.6 is 0 Å². The Morgan fingerprint density at radius 3 is 2.11 bits per heavy atom. The average molecular weight is 383 g/mol. The van der Waals surface area contributed by atoms with Crippen LogP contribution < -0.4 is 20.7 Å². The molecule has 2 aromatic rings. The molecule has 2 amide bonds. The smallest absolute Gasteiger partial charge is 0.251 e. The maximum absolute atomic E-state index is 12.1. The molecular formula is C22H29N3O3. The molecule has 150 valence electrons. The predicted molar refractivity (Wildman–Crippen MR) is 113 cm³/mol. The zero-order chi connectivity index (χ0) is 20.6. The molecule has 0 bridgehead atoms. The van der Waals surface area contributed by atoms with Gasteiger partial charge in [0.2, 0.25) is 5.91 Å². The number of rotatable bonds is 8. The third kappa shape index (κ3) is 7.31. The summed E-state index contributed by atoms with van der Waals surface area (Å²) in [4.78, 5) is 24.2. The van der Waals surface area contributed by atoms with E-state index in [0.29, 0.717) is 17.9 Å². The van der Waals surface area contributed by atoms with Crippen LogP contribution in [-0.2, 0) is 4.79 Å². The molecule has 0 radical (unpaired) electrons. The van der Waals surface area contributed by atoms with E-state index in [1.54, 1.807) is 24.3 Å². The first kappa shape index (κ1) is 21.3. The van der Waals surface area contributed by atoms with Crippen molar-refractivity contribution in [3.05, 3.63) is 54.1 Å². The van der Waals surface area contributed by atoms with Crippen LogP contribution in [0.2, 0.25) is 0 Å². The van der Waals surface area contributed by atoms with Gasteiger partial charge in [0.25, 0.3) is 5.91 Å². The van der Waals surface area contributed by atoms with E-state index in [0.717, 1.165) is 17.9 Å². The highest BCUT2D eigenvalue weighted by atomic mass is 16.5. The van der Waals surface area contributed by atoms with Crippen molar-refractivity contribution in [2.75, 3.05) is 23.8 Å². The molecule has 0 aliphatic rings. The second kappa shape index (κ2) is 9.78. The van der Waals surface area contributed by atoms with E-state index >= 15 is 0 Å². The molecule has 0 saturated carbocycles. The Balaban J connectivity index is 1.81. The first-order chi connectivity index (χ1) is 13.3. The lowest BCUT2D eigenvalue weighted by Crippen LogP contribution is -2.40. The number of amides is 2. The van der Waals surface area contributed by atoms with Gasteiger partial charge in [-0.15, -0.1) is 0 Å². The summed E-state index contributed by atoms with van der Waals surface area (Å²) in [5, 5.41) is 8.79. The summed E-state index contributed by atoms with van der Waals surface area (Å²) in [5.41, 5.74) is 1.78. The Labute approximate surface area is 166 Å². The van der Waals surface area contributed by atoms with Gasteiger partial charge < -0.3 is 20.7 Å². The quantitative estimate of drug-likeness (QED) is 0.642. The van der Waals surface area contributed by atoms with Gasteiger partial charge in [-0.2, -0.15) is 0 Å². The molecule has 0 saturated heterocycles. The molecule has 2 rings (SSSR count). The van der Waals surface area contributed by atoms with Gasteiger partial charge in [0.1, 0.15) is 5.75 Å². The number of ether oxygens (including phenoxy) is 1. The maximum atomic E-state index is 12.1. The zero-order valence-electron chi connectivity index (χ0n) is 17.0. The van der Waals surface area contributed by atoms with Crippen LogP contribution in [0.4, 0.5) is 11.4 Å². The SMILES string of the molecule is CCCOc1ccc(NC(=O)CNc2ccc(C(=O)NC(C)(C)C)cc2)cc1. The van der Waals surface area contributed by atoms with E-state index in [-0.39, 0.29) is 23.9 Å². The van der Waals surface area contributed by atoms with Gasteiger partial charge in [-0.3, -0.25) is 9.59 Å². The fourth-order valence-corrected chi connectivity index (χ4v) is 2.39. The molecule has 0 heterocycles. The first-order valence-corrected chi connectivity index (χ1v) is 9.46. The zero-order valence-corrected chi connectivity index (χ0v) is 17.0. The van der Waals surface area contributed by atoms with Crippen LogP contribution in [0.5, 0.6) is 5.75 Å². The second-order valence-electron chi connectivity index (χ2n) is 7.56. The van der Waals surface area contributed by atoms with E-state index in [2.05, 4.69) is 22.9 Å². The summed E-state index contributed by atoms with van der Waals surface area (Å²) < 4.78 is 5.52. The molecule has 2 aromatic carbocycles. The Kier molecular flexibility index (Phi) is 7.44. The number of hydrogen-bond acceptors (Lipinski definition) is 4. The molecule has 28 heavy (non-hydrogen) atoms. The second-order valence-corrected chi connectivity index (χ2v) is 7.56. The Bertz CT molecular complexity index is 778. The summed E-state index contributed by atoms with van der Waals surface area (Å²) in [5.74, 6) is 0.508. The van der Waals surface area contributed by atoms with E-state index < -0.39 is 0 Å². The van der Waals surface area contributed by atoms with Crippen LogP contribution in [0.1, 0.15) is 44.5 Å². The van der Waals surface area contributed by atoms with Crippen LogP contribution in [0.15, 0.2) is 48.5 Å². The third-order valence-electron chi connectivity index (χ3n) is 3.70. The van der Waals surface area contributed by atoms with Crippen molar-refractivity contribution in [2.45, 2.75) is 39.7 Å². The molecular weight excluding hydrogens is 354 g/mol. The van der Waals surface area contributed by atoms with Crippen molar-refractivity contribution in [3.63, 3.8) is 0 Å². The summed E-state index contributed by atoms with van der Waals surface area (Å²) in [6, 6.07) is 14.3. The van der Waals surface area contributed by atoms with Gasteiger partial charge in [-0.05, 0) is 75.7 Å². The largest absolute Gasteiger partial charge is 0.494 e. The minimum Gasteiger partial charge on any atom is -0.494 e. The molecule has 3 N–H and O–H groups in total. The van der Waals surface area contributed by atoms with Crippen molar-refractivity contribution in [2.24, 2.45) is 0 Å². The molecule has 0 aliphatic heterocycles. The van der Waals surface area contributed by atoms with Crippen molar-refractivity contribution >= 4 is 23.2 Å². The molecule has 6 heteroatoms. The highest BCUT2D eigenvalue weighted by Gasteiger charge is 2.15. The van der Waals surface area contributed by atoms with Crippen molar-refractivity contribution in [1.29, 1.82) is 0 Å². The number of anilines is 2.